The lowest BCUT2D eigenvalue weighted by Crippen LogP contribution is -2.09. The summed E-state index contributed by atoms with van der Waals surface area (Å²) in [5, 5.41) is 0.517. The first-order valence-corrected chi connectivity index (χ1v) is 8.05. The molecule has 2 aromatic rings. The van der Waals surface area contributed by atoms with Crippen LogP contribution in [0.3, 0.4) is 0 Å². The summed E-state index contributed by atoms with van der Waals surface area (Å²) < 4.78 is 2.15. The number of anilines is 1. The number of hydrogen-bond donors (Lipinski definition) is 1. The van der Waals surface area contributed by atoms with E-state index in [4.69, 9.17) is 17.3 Å². The highest BCUT2D eigenvalue weighted by Gasteiger charge is 2.15. The van der Waals surface area contributed by atoms with Gasteiger partial charge in [0, 0.05) is 25.1 Å². The Balaban J connectivity index is 2.31. The van der Waals surface area contributed by atoms with Crippen LogP contribution in [0.2, 0.25) is 5.15 Å². The molecule has 0 aliphatic heterocycles. The Morgan fingerprint density at radius 2 is 2.00 bits per heavy atom. The molecule has 0 saturated heterocycles. The lowest BCUT2D eigenvalue weighted by Gasteiger charge is -2.12. The highest BCUT2D eigenvalue weighted by atomic mass is 35.5. The number of nitrogen functional groups attached to an aromatic ring is 1. The molecule has 2 rings (SSSR count). The third-order valence-corrected chi connectivity index (χ3v) is 3.98. The zero-order chi connectivity index (χ0) is 15.9. The SMILES string of the molecule is CCCCc1nc(Cl)c(CCC=O)n1Cc1ccc(N)cc1. The van der Waals surface area contributed by atoms with E-state index in [9.17, 15) is 4.79 Å². The maximum atomic E-state index is 10.7. The fourth-order valence-corrected chi connectivity index (χ4v) is 2.75. The van der Waals surface area contributed by atoms with Crippen molar-refractivity contribution < 1.29 is 4.79 Å². The molecule has 0 atom stereocenters. The first-order chi connectivity index (χ1) is 10.7. The van der Waals surface area contributed by atoms with Crippen molar-refractivity contribution in [3.8, 4) is 0 Å². The van der Waals surface area contributed by atoms with E-state index in [1.807, 2.05) is 24.3 Å². The van der Waals surface area contributed by atoms with Crippen molar-refractivity contribution in [3.63, 3.8) is 0 Å². The lowest BCUT2D eigenvalue weighted by atomic mass is 10.2. The maximum Gasteiger partial charge on any atom is 0.150 e. The van der Waals surface area contributed by atoms with Crippen LogP contribution in [0.4, 0.5) is 5.69 Å². The highest BCUT2D eigenvalue weighted by Crippen LogP contribution is 2.22. The molecule has 1 aromatic heterocycles. The average molecular weight is 320 g/mol. The summed E-state index contributed by atoms with van der Waals surface area (Å²) in [5.41, 5.74) is 8.57. The number of benzene rings is 1. The highest BCUT2D eigenvalue weighted by molar-refractivity contribution is 6.30. The number of hydrogen-bond acceptors (Lipinski definition) is 3. The van der Waals surface area contributed by atoms with Crippen molar-refractivity contribution in [2.24, 2.45) is 0 Å². The van der Waals surface area contributed by atoms with Crippen molar-refractivity contribution in [2.75, 3.05) is 5.73 Å². The second-order valence-corrected chi connectivity index (χ2v) is 5.76. The normalized spacial score (nSPS) is 10.8. The summed E-state index contributed by atoms with van der Waals surface area (Å²) >= 11 is 6.29. The van der Waals surface area contributed by atoms with E-state index in [0.717, 1.165) is 48.3 Å². The molecular weight excluding hydrogens is 298 g/mol. The Kier molecular flexibility index (Phi) is 6.01. The number of nitrogens with two attached hydrogens (primary N) is 1. The van der Waals surface area contributed by atoms with E-state index < -0.39 is 0 Å². The summed E-state index contributed by atoms with van der Waals surface area (Å²) in [4.78, 5) is 15.2. The van der Waals surface area contributed by atoms with Crippen molar-refractivity contribution in [2.45, 2.75) is 45.6 Å². The van der Waals surface area contributed by atoms with Gasteiger partial charge in [-0.1, -0.05) is 37.1 Å². The second-order valence-electron chi connectivity index (χ2n) is 5.40. The van der Waals surface area contributed by atoms with Crippen LogP contribution in [-0.4, -0.2) is 15.8 Å². The molecule has 0 amide bonds. The molecule has 0 fully saturated rings. The molecule has 118 valence electrons. The summed E-state index contributed by atoms with van der Waals surface area (Å²) in [7, 11) is 0. The minimum Gasteiger partial charge on any atom is -0.399 e. The molecule has 0 unspecified atom stereocenters. The molecule has 22 heavy (non-hydrogen) atoms. The molecule has 0 radical (unpaired) electrons. The van der Waals surface area contributed by atoms with Crippen molar-refractivity contribution in [1.29, 1.82) is 0 Å². The number of carbonyl (C=O) groups is 1. The Hall–Kier alpha value is -1.81. The monoisotopic (exact) mass is 319 g/mol. The van der Waals surface area contributed by atoms with Crippen molar-refractivity contribution in [1.82, 2.24) is 9.55 Å². The lowest BCUT2D eigenvalue weighted by molar-refractivity contribution is -0.107. The predicted octanol–water partition coefficient (Wildman–Crippen LogP) is 3.64. The molecule has 0 aliphatic carbocycles. The van der Waals surface area contributed by atoms with Crippen LogP contribution in [0, 0.1) is 0 Å². The van der Waals surface area contributed by atoms with Crippen molar-refractivity contribution >= 4 is 23.6 Å². The van der Waals surface area contributed by atoms with Gasteiger partial charge in [0.2, 0.25) is 0 Å². The molecule has 0 spiro atoms. The molecular formula is C17H22ClN3O. The predicted molar refractivity (Wildman–Crippen MR) is 90.2 cm³/mol. The third kappa shape index (κ3) is 4.10. The second kappa shape index (κ2) is 7.99. The molecule has 1 heterocycles. The first-order valence-electron chi connectivity index (χ1n) is 7.67. The van der Waals surface area contributed by atoms with Crippen LogP contribution in [0.1, 0.15) is 43.3 Å². The average Bonchev–Trinajstić information content (AvgIpc) is 2.80. The van der Waals surface area contributed by atoms with Gasteiger partial charge < -0.3 is 15.1 Å². The summed E-state index contributed by atoms with van der Waals surface area (Å²) in [6, 6.07) is 7.81. The van der Waals surface area contributed by atoms with Gasteiger partial charge in [-0.15, -0.1) is 0 Å². The summed E-state index contributed by atoms with van der Waals surface area (Å²) in [6.07, 6.45) is 5.07. The standard InChI is InChI=1S/C17H22ClN3O/c1-2-3-6-16-20-17(18)15(5-4-11-22)21(16)12-13-7-9-14(19)10-8-13/h7-11H,2-6,12,19H2,1H3. The Morgan fingerprint density at radius 1 is 1.27 bits per heavy atom. The van der Waals surface area contributed by atoms with Gasteiger partial charge in [0.25, 0.3) is 0 Å². The summed E-state index contributed by atoms with van der Waals surface area (Å²) in [6.45, 7) is 2.86. The fourth-order valence-electron chi connectivity index (χ4n) is 2.46. The topological polar surface area (TPSA) is 60.9 Å². The van der Waals surface area contributed by atoms with Crippen LogP contribution in [-0.2, 0) is 24.2 Å². The zero-order valence-corrected chi connectivity index (χ0v) is 13.6. The Bertz CT molecular complexity index is 620. The van der Waals surface area contributed by atoms with E-state index >= 15 is 0 Å². The minimum absolute atomic E-state index is 0.459. The van der Waals surface area contributed by atoms with Gasteiger partial charge in [-0.05, 0) is 30.5 Å². The summed E-state index contributed by atoms with van der Waals surface area (Å²) in [5.74, 6) is 0.990. The van der Waals surface area contributed by atoms with Crippen LogP contribution in [0.15, 0.2) is 24.3 Å². The molecule has 0 saturated carbocycles. The van der Waals surface area contributed by atoms with E-state index in [2.05, 4.69) is 16.5 Å². The van der Waals surface area contributed by atoms with Crippen LogP contribution in [0.25, 0.3) is 0 Å². The van der Waals surface area contributed by atoms with E-state index in [-0.39, 0.29) is 0 Å². The number of unbranched alkanes of at least 4 members (excludes halogenated alkanes) is 1. The van der Waals surface area contributed by atoms with Crippen LogP contribution >= 0.6 is 11.6 Å². The number of nitrogens with zero attached hydrogens (tertiary/aromatic N) is 2. The van der Waals surface area contributed by atoms with Gasteiger partial charge >= 0.3 is 0 Å². The van der Waals surface area contributed by atoms with E-state index in [1.165, 1.54) is 0 Å². The molecule has 1 aromatic carbocycles. The number of imidazole rings is 1. The number of carbonyl (C=O) groups excluding carboxylic acids is 1. The Labute approximate surface area is 136 Å². The zero-order valence-electron chi connectivity index (χ0n) is 12.9. The van der Waals surface area contributed by atoms with Gasteiger partial charge in [-0.3, -0.25) is 0 Å². The van der Waals surface area contributed by atoms with Gasteiger partial charge in [0.15, 0.2) is 5.15 Å². The molecule has 0 bridgehead atoms. The van der Waals surface area contributed by atoms with Crippen LogP contribution in [0.5, 0.6) is 0 Å². The van der Waals surface area contributed by atoms with Gasteiger partial charge in [0.1, 0.15) is 12.1 Å². The third-order valence-electron chi connectivity index (χ3n) is 3.68. The number of aldehydes is 1. The molecule has 4 nitrogen and oxygen atoms in total. The number of aryl methyl sites for hydroxylation is 1. The molecule has 2 N–H and O–H groups in total. The number of aromatic nitrogens is 2. The van der Waals surface area contributed by atoms with E-state index in [0.29, 0.717) is 24.5 Å². The van der Waals surface area contributed by atoms with Gasteiger partial charge in [-0.25, -0.2) is 4.98 Å². The van der Waals surface area contributed by atoms with Gasteiger partial charge in [0.05, 0.1) is 5.69 Å². The van der Waals surface area contributed by atoms with Crippen LogP contribution < -0.4 is 5.73 Å². The maximum absolute atomic E-state index is 10.7. The van der Waals surface area contributed by atoms with Crippen molar-refractivity contribution in [3.05, 3.63) is 46.5 Å². The number of halogens is 1. The smallest absolute Gasteiger partial charge is 0.150 e. The first kappa shape index (κ1) is 16.6. The van der Waals surface area contributed by atoms with Gasteiger partial charge in [-0.2, -0.15) is 0 Å². The van der Waals surface area contributed by atoms with E-state index in [1.54, 1.807) is 0 Å². The Morgan fingerprint density at radius 3 is 2.64 bits per heavy atom. The number of rotatable bonds is 8. The minimum atomic E-state index is 0.459. The molecule has 5 heteroatoms. The quantitative estimate of drug-likeness (QED) is 0.597. The fraction of sp³-hybridized carbons (Fsp3) is 0.412. The largest absolute Gasteiger partial charge is 0.399 e. The molecule has 0 aliphatic rings.